The van der Waals surface area contributed by atoms with Crippen LogP contribution in [0.15, 0.2) is 0 Å². The molecule has 0 aromatic heterocycles. The number of hydrogen-bond donors (Lipinski definition) is 3. The first-order valence-corrected chi connectivity index (χ1v) is 6.14. The Morgan fingerprint density at radius 2 is 1.89 bits per heavy atom. The molecular formula is C11H21N3O4. The molecule has 0 unspecified atom stereocenters. The third-order valence-corrected chi connectivity index (χ3v) is 2.58. The van der Waals surface area contributed by atoms with Crippen molar-refractivity contribution in [3.05, 3.63) is 0 Å². The summed E-state index contributed by atoms with van der Waals surface area (Å²) in [5, 5.41) is 13.8. The normalized spacial score (nSPS) is 18.1. The van der Waals surface area contributed by atoms with E-state index in [1.807, 2.05) is 0 Å². The molecule has 1 rings (SSSR count). The van der Waals surface area contributed by atoms with E-state index in [1.54, 1.807) is 0 Å². The van der Waals surface area contributed by atoms with E-state index in [0.717, 1.165) is 13.1 Å². The highest BCUT2D eigenvalue weighted by Crippen LogP contribution is 1.94. The van der Waals surface area contributed by atoms with E-state index < -0.39 is 17.9 Å². The van der Waals surface area contributed by atoms with Gasteiger partial charge in [-0.15, -0.1) is 0 Å². The molecule has 0 bridgehead atoms. The molecule has 1 saturated heterocycles. The highest BCUT2D eigenvalue weighted by Gasteiger charge is 2.14. The molecule has 7 heteroatoms. The summed E-state index contributed by atoms with van der Waals surface area (Å²) in [6, 6.07) is 0. The Morgan fingerprint density at radius 1 is 1.28 bits per heavy atom. The molecule has 1 aliphatic rings. The van der Waals surface area contributed by atoms with Crippen LogP contribution in [-0.4, -0.2) is 73.9 Å². The van der Waals surface area contributed by atoms with E-state index in [9.17, 15) is 9.59 Å². The van der Waals surface area contributed by atoms with Crippen LogP contribution in [0.4, 0.5) is 0 Å². The average Bonchev–Trinajstić information content (AvgIpc) is 2.37. The molecule has 0 aliphatic carbocycles. The topological polar surface area (TPSA) is 90.9 Å². The Morgan fingerprint density at radius 3 is 2.50 bits per heavy atom. The molecule has 7 nitrogen and oxygen atoms in total. The molecule has 0 spiro atoms. The number of carbonyl (C=O) groups excluding carboxylic acids is 2. The summed E-state index contributed by atoms with van der Waals surface area (Å²) in [6.07, 6.45) is -0.657. The third kappa shape index (κ3) is 5.95. The molecule has 0 saturated carbocycles. The van der Waals surface area contributed by atoms with Crippen LogP contribution in [0.1, 0.15) is 6.92 Å². The summed E-state index contributed by atoms with van der Waals surface area (Å²) in [7, 11) is 0. The molecule has 0 aromatic carbocycles. The predicted molar refractivity (Wildman–Crippen MR) is 65.0 cm³/mol. The lowest BCUT2D eigenvalue weighted by atomic mass is 10.4. The summed E-state index contributed by atoms with van der Waals surface area (Å²) >= 11 is 0. The zero-order valence-electron chi connectivity index (χ0n) is 10.6. The first-order valence-electron chi connectivity index (χ1n) is 6.14. The Labute approximate surface area is 106 Å². The number of nitrogens with one attached hydrogen (secondary N) is 2. The first kappa shape index (κ1) is 14.9. The fourth-order valence-electron chi connectivity index (χ4n) is 1.55. The lowest BCUT2D eigenvalue weighted by Gasteiger charge is -2.26. The van der Waals surface area contributed by atoms with Crippen LogP contribution in [0.25, 0.3) is 0 Å². The molecule has 0 radical (unpaired) electrons. The molecule has 104 valence electrons. The highest BCUT2D eigenvalue weighted by molar-refractivity contribution is 6.35. The number of hydrogen-bond acceptors (Lipinski definition) is 5. The Hall–Kier alpha value is -1.18. The van der Waals surface area contributed by atoms with Crippen LogP contribution < -0.4 is 10.6 Å². The van der Waals surface area contributed by atoms with Gasteiger partial charge in [0.1, 0.15) is 0 Å². The van der Waals surface area contributed by atoms with Gasteiger partial charge in [-0.3, -0.25) is 14.5 Å². The number of amides is 2. The smallest absolute Gasteiger partial charge is 0.309 e. The number of morpholine rings is 1. The van der Waals surface area contributed by atoms with Gasteiger partial charge in [0.05, 0.1) is 19.3 Å². The second kappa shape index (κ2) is 8.02. The van der Waals surface area contributed by atoms with Gasteiger partial charge >= 0.3 is 11.8 Å². The van der Waals surface area contributed by atoms with Crippen molar-refractivity contribution in [3.63, 3.8) is 0 Å². The van der Waals surface area contributed by atoms with Crippen LogP contribution in [0.3, 0.4) is 0 Å². The number of aliphatic hydroxyl groups is 1. The quantitative estimate of drug-likeness (QED) is 0.494. The molecule has 2 amide bonds. The minimum atomic E-state index is -0.710. The monoisotopic (exact) mass is 259 g/mol. The molecule has 3 N–H and O–H groups in total. The minimum absolute atomic E-state index is 0.0791. The summed E-state index contributed by atoms with van der Waals surface area (Å²) in [6.45, 7) is 5.88. The Balaban J connectivity index is 2.10. The number of rotatable bonds is 5. The maximum Gasteiger partial charge on any atom is 0.309 e. The van der Waals surface area contributed by atoms with E-state index in [2.05, 4.69) is 15.5 Å². The molecule has 1 fully saturated rings. The summed E-state index contributed by atoms with van der Waals surface area (Å²) in [4.78, 5) is 24.8. The lowest BCUT2D eigenvalue weighted by Crippen LogP contribution is -2.46. The lowest BCUT2D eigenvalue weighted by molar-refractivity contribution is -0.139. The highest BCUT2D eigenvalue weighted by atomic mass is 16.5. The van der Waals surface area contributed by atoms with Crippen molar-refractivity contribution in [2.24, 2.45) is 0 Å². The van der Waals surface area contributed by atoms with Gasteiger partial charge in [0, 0.05) is 32.7 Å². The second-order valence-corrected chi connectivity index (χ2v) is 4.27. The van der Waals surface area contributed by atoms with E-state index >= 15 is 0 Å². The van der Waals surface area contributed by atoms with E-state index in [1.165, 1.54) is 6.92 Å². The van der Waals surface area contributed by atoms with Gasteiger partial charge in [0.2, 0.25) is 0 Å². The van der Waals surface area contributed by atoms with Gasteiger partial charge in [0.15, 0.2) is 0 Å². The van der Waals surface area contributed by atoms with Crippen LogP contribution in [0, 0.1) is 0 Å². The van der Waals surface area contributed by atoms with Crippen molar-refractivity contribution in [3.8, 4) is 0 Å². The summed E-state index contributed by atoms with van der Waals surface area (Å²) in [5.74, 6) is -1.37. The first-order chi connectivity index (χ1) is 8.59. The zero-order valence-corrected chi connectivity index (χ0v) is 10.6. The van der Waals surface area contributed by atoms with Gasteiger partial charge in [0.25, 0.3) is 0 Å². The maximum atomic E-state index is 11.3. The van der Waals surface area contributed by atoms with Crippen molar-refractivity contribution in [2.75, 3.05) is 45.9 Å². The Bertz CT molecular complexity index is 277. The van der Waals surface area contributed by atoms with Gasteiger partial charge in [-0.1, -0.05) is 0 Å². The zero-order chi connectivity index (χ0) is 13.4. The maximum absolute atomic E-state index is 11.3. The minimum Gasteiger partial charge on any atom is -0.392 e. The fourth-order valence-corrected chi connectivity index (χ4v) is 1.55. The summed E-state index contributed by atoms with van der Waals surface area (Å²) in [5.41, 5.74) is 0. The van der Waals surface area contributed by atoms with Crippen LogP contribution in [0.5, 0.6) is 0 Å². The molecule has 1 heterocycles. The van der Waals surface area contributed by atoms with Gasteiger partial charge in [-0.05, 0) is 6.92 Å². The number of ether oxygens (including phenoxy) is 1. The van der Waals surface area contributed by atoms with Gasteiger partial charge in [-0.25, -0.2) is 0 Å². The third-order valence-electron chi connectivity index (χ3n) is 2.58. The van der Waals surface area contributed by atoms with Crippen molar-refractivity contribution < 1.29 is 19.4 Å². The molecular weight excluding hydrogens is 238 g/mol. The Kier molecular flexibility index (Phi) is 6.63. The fraction of sp³-hybridized carbons (Fsp3) is 0.818. The van der Waals surface area contributed by atoms with Crippen molar-refractivity contribution in [1.82, 2.24) is 15.5 Å². The largest absolute Gasteiger partial charge is 0.392 e. The standard InChI is InChI=1S/C11H21N3O4/c1-9(15)8-13-11(17)10(16)12-2-3-14-4-6-18-7-5-14/h9,15H,2-8H2,1H3,(H,12,16)(H,13,17)/t9-/m1/s1. The van der Waals surface area contributed by atoms with Crippen molar-refractivity contribution in [1.29, 1.82) is 0 Å². The van der Waals surface area contributed by atoms with Crippen LogP contribution >= 0.6 is 0 Å². The molecule has 1 aliphatic heterocycles. The molecule has 0 aromatic rings. The molecule has 18 heavy (non-hydrogen) atoms. The van der Waals surface area contributed by atoms with Crippen LogP contribution in [0.2, 0.25) is 0 Å². The molecule has 1 atom stereocenters. The SMILES string of the molecule is C[C@@H](O)CNC(=O)C(=O)NCCN1CCOCC1. The number of nitrogens with zero attached hydrogens (tertiary/aromatic N) is 1. The van der Waals surface area contributed by atoms with Gasteiger partial charge in [-0.2, -0.15) is 0 Å². The van der Waals surface area contributed by atoms with Crippen LogP contribution in [-0.2, 0) is 14.3 Å². The van der Waals surface area contributed by atoms with Crippen molar-refractivity contribution in [2.45, 2.75) is 13.0 Å². The second-order valence-electron chi connectivity index (χ2n) is 4.27. The summed E-state index contributed by atoms with van der Waals surface area (Å²) < 4.78 is 5.20. The average molecular weight is 259 g/mol. The number of aliphatic hydroxyl groups excluding tert-OH is 1. The predicted octanol–water partition coefficient (Wildman–Crippen LogP) is -2.07. The number of carbonyl (C=O) groups is 2. The van der Waals surface area contributed by atoms with E-state index in [-0.39, 0.29) is 6.54 Å². The van der Waals surface area contributed by atoms with E-state index in [4.69, 9.17) is 9.84 Å². The van der Waals surface area contributed by atoms with Crippen molar-refractivity contribution >= 4 is 11.8 Å². The van der Waals surface area contributed by atoms with E-state index in [0.29, 0.717) is 26.3 Å². The van der Waals surface area contributed by atoms with Gasteiger partial charge < -0.3 is 20.5 Å².